The summed E-state index contributed by atoms with van der Waals surface area (Å²) >= 11 is 3.42. The maximum atomic E-state index is 12.5. The number of aryl methyl sites for hydroxylation is 2. The number of hydrogen-bond acceptors (Lipinski definition) is 1. The van der Waals surface area contributed by atoms with Crippen molar-refractivity contribution in [3.8, 4) is 0 Å². The van der Waals surface area contributed by atoms with Gasteiger partial charge in [0.25, 0.3) is 0 Å². The van der Waals surface area contributed by atoms with Crippen LogP contribution in [0.2, 0.25) is 0 Å². The number of ketones is 1. The van der Waals surface area contributed by atoms with Gasteiger partial charge in [-0.2, -0.15) is 0 Å². The zero-order valence-electron chi connectivity index (χ0n) is 10.5. The van der Waals surface area contributed by atoms with Crippen LogP contribution in [0.5, 0.6) is 0 Å². The standard InChI is InChI=1S/C16H15BrO/c1-3-12-6-4-5-7-15(12)16(18)14-9-8-13(17)10-11(14)2/h4-10H,3H2,1-2H3. The topological polar surface area (TPSA) is 17.1 Å². The predicted molar refractivity (Wildman–Crippen MR) is 78.1 cm³/mol. The van der Waals surface area contributed by atoms with Gasteiger partial charge in [0.1, 0.15) is 0 Å². The highest BCUT2D eigenvalue weighted by Gasteiger charge is 2.14. The van der Waals surface area contributed by atoms with Crippen LogP contribution in [-0.4, -0.2) is 5.78 Å². The van der Waals surface area contributed by atoms with Crippen molar-refractivity contribution in [2.75, 3.05) is 0 Å². The summed E-state index contributed by atoms with van der Waals surface area (Å²) in [6, 6.07) is 13.6. The van der Waals surface area contributed by atoms with Crippen LogP contribution in [0.1, 0.15) is 34.0 Å². The van der Waals surface area contributed by atoms with Gasteiger partial charge in [0.15, 0.2) is 5.78 Å². The van der Waals surface area contributed by atoms with E-state index in [0.717, 1.165) is 33.1 Å². The Labute approximate surface area is 116 Å². The van der Waals surface area contributed by atoms with Gasteiger partial charge in [-0.15, -0.1) is 0 Å². The van der Waals surface area contributed by atoms with Crippen molar-refractivity contribution in [2.45, 2.75) is 20.3 Å². The fourth-order valence-corrected chi connectivity index (χ4v) is 2.55. The van der Waals surface area contributed by atoms with Gasteiger partial charge in [0.2, 0.25) is 0 Å². The zero-order chi connectivity index (χ0) is 13.1. The molecule has 2 rings (SSSR count). The summed E-state index contributed by atoms with van der Waals surface area (Å²) in [4.78, 5) is 12.5. The lowest BCUT2D eigenvalue weighted by Crippen LogP contribution is -2.06. The number of halogens is 1. The Kier molecular flexibility index (Phi) is 3.97. The quantitative estimate of drug-likeness (QED) is 0.760. The Morgan fingerprint density at radius 3 is 2.50 bits per heavy atom. The summed E-state index contributed by atoms with van der Waals surface area (Å²) < 4.78 is 1.00. The van der Waals surface area contributed by atoms with E-state index >= 15 is 0 Å². The van der Waals surface area contributed by atoms with Gasteiger partial charge in [0, 0.05) is 15.6 Å². The third-order valence-corrected chi connectivity index (χ3v) is 3.57. The van der Waals surface area contributed by atoms with E-state index in [2.05, 4.69) is 22.9 Å². The Balaban J connectivity index is 2.48. The highest BCUT2D eigenvalue weighted by atomic mass is 79.9. The first kappa shape index (κ1) is 13.0. The van der Waals surface area contributed by atoms with Crippen LogP contribution in [0.3, 0.4) is 0 Å². The lowest BCUT2D eigenvalue weighted by molar-refractivity contribution is 0.103. The zero-order valence-corrected chi connectivity index (χ0v) is 12.1. The molecule has 0 spiro atoms. The molecule has 0 aliphatic heterocycles. The van der Waals surface area contributed by atoms with Crippen molar-refractivity contribution in [3.63, 3.8) is 0 Å². The second-order valence-corrected chi connectivity index (χ2v) is 5.21. The summed E-state index contributed by atoms with van der Waals surface area (Å²) in [5, 5.41) is 0. The minimum Gasteiger partial charge on any atom is -0.289 e. The number of carbonyl (C=O) groups excluding carboxylic acids is 1. The molecule has 1 nitrogen and oxygen atoms in total. The van der Waals surface area contributed by atoms with Crippen LogP contribution in [0.15, 0.2) is 46.9 Å². The minimum atomic E-state index is 0.109. The van der Waals surface area contributed by atoms with Crippen LogP contribution in [0.25, 0.3) is 0 Å². The molecule has 18 heavy (non-hydrogen) atoms. The molecule has 0 atom stereocenters. The molecule has 0 aliphatic rings. The lowest BCUT2D eigenvalue weighted by atomic mass is 9.95. The predicted octanol–water partition coefficient (Wildman–Crippen LogP) is 4.55. The molecular weight excluding hydrogens is 288 g/mol. The van der Waals surface area contributed by atoms with Gasteiger partial charge in [-0.1, -0.05) is 47.1 Å². The first-order valence-electron chi connectivity index (χ1n) is 6.02. The summed E-state index contributed by atoms with van der Waals surface area (Å²) in [6.07, 6.45) is 0.873. The maximum absolute atomic E-state index is 12.5. The van der Waals surface area contributed by atoms with Crippen LogP contribution in [0, 0.1) is 6.92 Å². The Hall–Kier alpha value is -1.41. The van der Waals surface area contributed by atoms with E-state index < -0.39 is 0 Å². The molecule has 92 valence electrons. The van der Waals surface area contributed by atoms with E-state index in [1.54, 1.807) is 0 Å². The highest BCUT2D eigenvalue weighted by Crippen LogP contribution is 2.21. The highest BCUT2D eigenvalue weighted by molar-refractivity contribution is 9.10. The van der Waals surface area contributed by atoms with Gasteiger partial charge in [-0.3, -0.25) is 4.79 Å². The van der Waals surface area contributed by atoms with Gasteiger partial charge < -0.3 is 0 Å². The first-order valence-corrected chi connectivity index (χ1v) is 6.81. The molecule has 2 aromatic carbocycles. The van der Waals surface area contributed by atoms with Crippen molar-refractivity contribution in [1.29, 1.82) is 0 Å². The summed E-state index contributed by atoms with van der Waals surface area (Å²) in [5.41, 5.74) is 3.69. The van der Waals surface area contributed by atoms with Crippen molar-refractivity contribution in [3.05, 3.63) is 69.2 Å². The van der Waals surface area contributed by atoms with E-state index in [4.69, 9.17) is 0 Å². The smallest absolute Gasteiger partial charge is 0.193 e. The van der Waals surface area contributed by atoms with Gasteiger partial charge in [-0.25, -0.2) is 0 Å². The molecule has 2 heteroatoms. The second-order valence-electron chi connectivity index (χ2n) is 4.30. The third kappa shape index (κ3) is 2.54. The molecule has 0 aromatic heterocycles. The first-order chi connectivity index (χ1) is 8.63. The largest absolute Gasteiger partial charge is 0.289 e. The van der Waals surface area contributed by atoms with Gasteiger partial charge in [-0.05, 0) is 42.7 Å². The van der Waals surface area contributed by atoms with Crippen LogP contribution in [0.4, 0.5) is 0 Å². The molecule has 0 unspecified atom stereocenters. The van der Waals surface area contributed by atoms with E-state index in [9.17, 15) is 4.79 Å². The van der Waals surface area contributed by atoms with Crippen molar-refractivity contribution in [1.82, 2.24) is 0 Å². The number of carbonyl (C=O) groups is 1. The fourth-order valence-electron chi connectivity index (χ4n) is 2.08. The Morgan fingerprint density at radius 1 is 1.11 bits per heavy atom. The van der Waals surface area contributed by atoms with Crippen LogP contribution >= 0.6 is 15.9 Å². The Morgan fingerprint density at radius 2 is 1.83 bits per heavy atom. The van der Waals surface area contributed by atoms with E-state index in [-0.39, 0.29) is 5.78 Å². The normalized spacial score (nSPS) is 10.4. The van der Waals surface area contributed by atoms with Crippen LogP contribution in [-0.2, 0) is 6.42 Å². The number of hydrogen-bond donors (Lipinski definition) is 0. The Bertz CT molecular complexity index is 587. The summed E-state index contributed by atoms with van der Waals surface area (Å²) in [7, 11) is 0. The van der Waals surface area contributed by atoms with Crippen molar-refractivity contribution < 1.29 is 4.79 Å². The number of benzene rings is 2. The molecular formula is C16H15BrO. The molecule has 0 aliphatic carbocycles. The molecule has 0 N–H and O–H groups in total. The monoisotopic (exact) mass is 302 g/mol. The average molecular weight is 303 g/mol. The third-order valence-electron chi connectivity index (χ3n) is 3.08. The molecule has 0 fully saturated rings. The molecule has 0 heterocycles. The lowest BCUT2D eigenvalue weighted by Gasteiger charge is -2.09. The molecule has 0 saturated heterocycles. The van der Waals surface area contributed by atoms with Gasteiger partial charge >= 0.3 is 0 Å². The fraction of sp³-hybridized carbons (Fsp3) is 0.188. The summed E-state index contributed by atoms with van der Waals surface area (Å²) in [5.74, 6) is 0.109. The van der Waals surface area contributed by atoms with Crippen molar-refractivity contribution in [2.24, 2.45) is 0 Å². The molecule has 0 saturated carbocycles. The molecule has 2 aromatic rings. The minimum absolute atomic E-state index is 0.109. The van der Waals surface area contributed by atoms with E-state index in [1.165, 1.54) is 0 Å². The molecule has 0 amide bonds. The summed E-state index contributed by atoms with van der Waals surface area (Å²) in [6.45, 7) is 4.03. The van der Waals surface area contributed by atoms with Crippen molar-refractivity contribution >= 4 is 21.7 Å². The molecule has 0 radical (unpaired) electrons. The second kappa shape index (κ2) is 5.49. The average Bonchev–Trinajstić information content (AvgIpc) is 2.38. The molecule has 0 bridgehead atoms. The van der Waals surface area contributed by atoms with E-state index in [0.29, 0.717) is 0 Å². The maximum Gasteiger partial charge on any atom is 0.193 e. The van der Waals surface area contributed by atoms with Crippen LogP contribution < -0.4 is 0 Å². The number of rotatable bonds is 3. The van der Waals surface area contributed by atoms with E-state index in [1.807, 2.05) is 49.4 Å². The van der Waals surface area contributed by atoms with Gasteiger partial charge in [0.05, 0.1) is 0 Å². The SMILES string of the molecule is CCc1ccccc1C(=O)c1ccc(Br)cc1C.